The van der Waals surface area contributed by atoms with Gasteiger partial charge in [0.05, 0.1) is 15.5 Å². The Morgan fingerprint density at radius 2 is 2.08 bits per heavy atom. The summed E-state index contributed by atoms with van der Waals surface area (Å²) in [6.45, 7) is 1.68. The third-order valence-electron chi connectivity index (χ3n) is 4.18. The van der Waals surface area contributed by atoms with Crippen LogP contribution in [0.4, 0.5) is 5.69 Å². The fraction of sp³-hybridized carbons (Fsp3) is 0.500. The summed E-state index contributed by atoms with van der Waals surface area (Å²) in [5.74, 6) is -0.746. The molecule has 1 saturated carbocycles. The Morgan fingerprint density at radius 1 is 1.38 bits per heavy atom. The van der Waals surface area contributed by atoms with Crippen molar-refractivity contribution in [2.24, 2.45) is 5.92 Å². The SMILES string of the molecule is C[C@H]1CCCC[C@@H]1NC(=O)COC(=O)c1ccc([N+](=O)[O-])cc1Cl. The molecule has 0 aliphatic heterocycles. The molecule has 1 N–H and O–H groups in total. The second-order valence-corrected chi connectivity index (χ2v) is 6.34. The molecular weight excluding hydrogens is 336 g/mol. The molecule has 2 rings (SSSR count). The van der Waals surface area contributed by atoms with E-state index < -0.39 is 17.5 Å². The Morgan fingerprint density at radius 3 is 2.71 bits per heavy atom. The maximum atomic E-state index is 12.0. The number of rotatable bonds is 5. The summed E-state index contributed by atoms with van der Waals surface area (Å²) >= 11 is 5.85. The molecule has 130 valence electrons. The lowest BCUT2D eigenvalue weighted by Gasteiger charge is -2.29. The molecule has 7 nitrogen and oxygen atoms in total. The Labute approximate surface area is 144 Å². The van der Waals surface area contributed by atoms with Gasteiger partial charge >= 0.3 is 5.97 Å². The average molecular weight is 355 g/mol. The number of carbonyl (C=O) groups is 2. The van der Waals surface area contributed by atoms with Crippen molar-refractivity contribution in [2.45, 2.75) is 38.6 Å². The minimum atomic E-state index is -0.790. The number of halogens is 1. The van der Waals surface area contributed by atoms with Gasteiger partial charge in [-0.1, -0.05) is 31.4 Å². The van der Waals surface area contributed by atoms with E-state index in [9.17, 15) is 19.7 Å². The molecule has 0 aromatic heterocycles. The van der Waals surface area contributed by atoms with E-state index in [-0.39, 0.29) is 28.2 Å². The lowest BCUT2D eigenvalue weighted by Crippen LogP contribution is -2.42. The first-order valence-electron chi connectivity index (χ1n) is 7.79. The first-order chi connectivity index (χ1) is 11.4. The van der Waals surface area contributed by atoms with E-state index in [1.54, 1.807) is 0 Å². The maximum absolute atomic E-state index is 12.0. The van der Waals surface area contributed by atoms with Gasteiger partial charge in [0.15, 0.2) is 6.61 Å². The summed E-state index contributed by atoms with van der Waals surface area (Å²) in [6, 6.07) is 3.55. The van der Waals surface area contributed by atoms with Crippen molar-refractivity contribution >= 4 is 29.2 Å². The minimum absolute atomic E-state index is 0.0129. The van der Waals surface area contributed by atoms with Gasteiger partial charge < -0.3 is 10.1 Å². The smallest absolute Gasteiger partial charge is 0.340 e. The van der Waals surface area contributed by atoms with Gasteiger partial charge in [0.1, 0.15) is 0 Å². The van der Waals surface area contributed by atoms with Gasteiger partial charge in [0.25, 0.3) is 11.6 Å². The second kappa shape index (κ2) is 8.10. The molecule has 0 heterocycles. The molecule has 1 aliphatic rings. The number of hydrogen-bond acceptors (Lipinski definition) is 5. The van der Waals surface area contributed by atoms with Crippen LogP contribution in [0, 0.1) is 16.0 Å². The number of esters is 1. The minimum Gasteiger partial charge on any atom is -0.452 e. The second-order valence-electron chi connectivity index (χ2n) is 5.93. The van der Waals surface area contributed by atoms with Crippen LogP contribution in [-0.4, -0.2) is 29.4 Å². The number of hydrogen-bond donors (Lipinski definition) is 1. The lowest BCUT2D eigenvalue weighted by molar-refractivity contribution is -0.384. The van der Waals surface area contributed by atoms with Crippen molar-refractivity contribution in [2.75, 3.05) is 6.61 Å². The lowest BCUT2D eigenvalue weighted by atomic mass is 9.86. The molecule has 1 aliphatic carbocycles. The fourth-order valence-electron chi connectivity index (χ4n) is 2.77. The summed E-state index contributed by atoms with van der Waals surface area (Å²) in [6.07, 6.45) is 4.24. The van der Waals surface area contributed by atoms with Crippen LogP contribution in [0.15, 0.2) is 18.2 Å². The quantitative estimate of drug-likeness (QED) is 0.497. The van der Waals surface area contributed by atoms with Gasteiger partial charge in [-0.2, -0.15) is 0 Å². The topological polar surface area (TPSA) is 98.5 Å². The van der Waals surface area contributed by atoms with Crippen LogP contribution in [0.1, 0.15) is 43.0 Å². The molecule has 1 aromatic carbocycles. The first kappa shape index (κ1) is 18.2. The van der Waals surface area contributed by atoms with E-state index in [0.29, 0.717) is 5.92 Å². The van der Waals surface area contributed by atoms with Crippen LogP contribution in [-0.2, 0) is 9.53 Å². The number of non-ortho nitro benzene ring substituents is 1. The highest BCUT2D eigenvalue weighted by Crippen LogP contribution is 2.24. The number of nitro groups is 1. The highest BCUT2D eigenvalue weighted by molar-refractivity contribution is 6.33. The number of benzene rings is 1. The third kappa shape index (κ3) is 4.67. The van der Waals surface area contributed by atoms with Gasteiger partial charge in [0.2, 0.25) is 0 Å². The summed E-state index contributed by atoms with van der Waals surface area (Å²) < 4.78 is 4.94. The predicted molar refractivity (Wildman–Crippen MR) is 88.0 cm³/mol. The van der Waals surface area contributed by atoms with E-state index in [1.807, 2.05) is 0 Å². The summed E-state index contributed by atoms with van der Waals surface area (Å²) in [5, 5.41) is 13.4. The zero-order valence-electron chi connectivity index (χ0n) is 13.3. The number of amides is 1. The van der Waals surface area contributed by atoms with Gasteiger partial charge in [-0.05, 0) is 24.8 Å². The molecule has 2 atom stereocenters. The number of nitrogens with zero attached hydrogens (tertiary/aromatic N) is 1. The van der Waals surface area contributed by atoms with Crippen LogP contribution < -0.4 is 5.32 Å². The van der Waals surface area contributed by atoms with Crippen molar-refractivity contribution in [1.29, 1.82) is 0 Å². The molecule has 1 amide bonds. The van der Waals surface area contributed by atoms with Crippen molar-refractivity contribution < 1.29 is 19.2 Å². The Kier molecular flexibility index (Phi) is 6.14. The number of nitrogens with one attached hydrogen (secondary N) is 1. The van der Waals surface area contributed by atoms with Crippen LogP contribution in [0.5, 0.6) is 0 Å². The third-order valence-corrected chi connectivity index (χ3v) is 4.49. The van der Waals surface area contributed by atoms with Gasteiger partial charge in [-0.3, -0.25) is 14.9 Å². The number of nitro benzene ring substituents is 1. The van der Waals surface area contributed by atoms with E-state index in [0.717, 1.165) is 31.4 Å². The normalized spacial score (nSPS) is 20.2. The molecule has 24 heavy (non-hydrogen) atoms. The molecule has 0 spiro atoms. The largest absolute Gasteiger partial charge is 0.452 e. The number of ether oxygens (including phenoxy) is 1. The van der Waals surface area contributed by atoms with Crippen LogP contribution in [0.3, 0.4) is 0 Å². The van der Waals surface area contributed by atoms with Crippen LogP contribution >= 0.6 is 11.6 Å². The molecule has 1 fully saturated rings. The van der Waals surface area contributed by atoms with E-state index in [2.05, 4.69) is 12.2 Å². The summed E-state index contributed by atoms with van der Waals surface area (Å²) in [4.78, 5) is 33.9. The van der Waals surface area contributed by atoms with Crippen molar-refractivity contribution in [3.63, 3.8) is 0 Å². The highest BCUT2D eigenvalue weighted by atomic mass is 35.5. The number of carbonyl (C=O) groups excluding carboxylic acids is 2. The van der Waals surface area contributed by atoms with E-state index in [4.69, 9.17) is 16.3 Å². The fourth-order valence-corrected chi connectivity index (χ4v) is 3.02. The Balaban J connectivity index is 1.88. The predicted octanol–water partition coefficient (Wildman–Crippen LogP) is 3.10. The van der Waals surface area contributed by atoms with E-state index in [1.165, 1.54) is 12.5 Å². The zero-order chi connectivity index (χ0) is 17.7. The molecule has 0 radical (unpaired) electrons. The molecule has 1 aromatic rings. The van der Waals surface area contributed by atoms with Gasteiger partial charge in [-0.25, -0.2) is 4.79 Å². The van der Waals surface area contributed by atoms with Crippen LogP contribution in [0.25, 0.3) is 0 Å². The standard InChI is InChI=1S/C16H19ClN2O5/c1-10-4-2-3-5-14(10)18-15(20)9-24-16(21)12-7-6-11(19(22)23)8-13(12)17/h6-8,10,14H,2-5,9H2,1H3,(H,18,20)/t10-,14-/m0/s1. The summed E-state index contributed by atoms with van der Waals surface area (Å²) in [5.41, 5.74) is -0.235. The van der Waals surface area contributed by atoms with Gasteiger partial charge in [0, 0.05) is 18.2 Å². The Hall–Kier alpha value is -2.15. The molecular formula is C16H19ClN2O5. The monoisotopic (exact) mass is 354 g/mol. The maximum Gasteiger partial charge on any atom is 0.340 e. The highest BCUT2D eigenvalue weighted by Gasteiger charge is 2.23. The molecule has 0 bridgehead atoms. The van der Waals surface area contributed by atoms with Crippen molar-refractivity contribution in [3.05, 3.63) is 38.9 Å². The van der Waals surface area contributed by atoms with E-state index >= 15 is 0 Å². The van der Waals surface area contributed by atoms with Crippen molar-refractivity contribution in [3.8, 4) is 0 Å². The molecule has 8 heteroatoms. The van der Waals surface area contributed by atoms with Crippen molar-refractivity contribution in [1.82, 2.24) is 5.32 Å². The zero-order valence-corrected chi connectivity index (χ0v) is 14.0. The molecule has 0 saturated heterocycles. The van der Waals surface area contributed by atoms with Crippen LogP contribution in [0.2, 0.25) is 5.02 Å². The first-order valence-corrected chi connectivity index (χ1v) is 8.16. The van der Waals surface area contributed by atoms with Gasteiger partial charge in [-0.15, -0.1) is 0 Å². The molecule has 0 unspecified atom stereocenters. The Bertz CT molecular complexity index is 649. The summed E-state index contributed by atoms with van der Waals surface area (Å²) in [7, 11) is 0. The average Bonchev–Trinajstić information content (AvgIpc) is 2.54.